The molecule has 1 heterocycles. The van der Waals surface area contributed by atoms with Gasteiger partial charge in [0, 0.05) is 22.5 Å². The fraction of sp³-hybridized carbons (Fsp3) is 0.214. The second-order valence-corrected chi connectivity index (χ2v) is 5.71. The van der Waals surface area contributed by atoms with Crippen LogP contribution >= 0.6 is 22.9 Å². The molecule has 0 N–H and O–H groups in total. The van der Waals surface area contributed by atoms with Crippen LogP contribution in [0.1, 0.15) is 21.9 Å². The van der Waals surface area contributed by atoms with Gasteiger partial charge >= 0.3 is 0 Å². The summed E-state index contributed by atoms with van der Waals surface area (Å²) in [5, 5.41) is 9.92. The van der Waals surface area contributed by atoms with Gasteiger partial charge in [0.05, 0.1) is 18.9 Å². The first-order valence-corrected chi connectivity index (χ1v) is 6.93. The highest BCUT2D eigenvalue weighted by atomic mass is 35.5. The summed E-state index contributed by atoms with van der Waals surface area (Å²) in [6.45, 7) is 0. The molecule has 0 atom stereocenters. The van der Waals surface area contributed by atoms with Crippen LogP contribution < -0.4 is 0 Å². The Hall–Kier alpha value is -1.70. The van der Waals surface area contributed by atoms with E-state index in [1.165, 1.54) is 11.3 Å². The van der Waals surface area contributed by atoms with Crippen molar-refractivity contribution >= 4 is 28.7 Å². The zero-order valence-electron chi connectivity index (χ0n) is 10.1. The predicted molar refractivity (Wildman–Crippen MR) is 75.3 cm³/mol. The van der Waals surface area contributed by atoms with Gasteiger partial charge in [-0.25, -0.2) is 4.98 Å². The van der Waals surface area contributed by atoms with Crippen LogP contribution in [0.5, 0.6) is 0 Å². The number of carbonyl (C=O) groups is 1. The quantitative estimate of drug-likeness (QED) is 0.848. The number of benzene rings is 1. The van der Waals surface area contributed by atoms with Crippen LogP contribution in [0.4, 0.5) is 0 Å². The molecule has 0 saturated heterocycles. The number of ketones is 1. The maximum Gasteiger partial charge on any atom is 0.153 e. The minimum Gasteiger partial charge on any atom is -0.298 e. The summed E-state index contributed by atoms with van der Waals surface area (Å²) in [5.41, 5.74) is 1.12. The van der Waals surface area contributed by atoms with E-state index in [1.807, 2.05) is 30.3 Å². The van der Waals surface area contributed by atoms with Crippen LogP contribution in [0, 0.1) is 11.3 Å². The molecule has 0 fully saturated rings. The summed E-state index contributed by atoms with van der Waals surface area (Å²) >= 11 is 7.44. The Morgan fingerprint density at radius 1 is 1.47 bits per heavy atom. The Bertz CT molecular complexity index is 630. The van der Waals surface area contributed by atoms with Crippen LogP contribution in [0.2, 0.25) is 5.02 Å². The first-order chi connectivity index (χ1) is 9.17. The Morgan fingerprint density at radius 3 is 3.05 bits per heavy atom. The van der Waals surface area contributed by atoms with Crippen LogP contribution in [-0.4, -0.2) is 10.8 Å². The standard InChI is InChI=1S/C14H11ClN2OS/c15-11-3-1-2-10(6-11)7-13-9-17-14(19-13)8-12(18)4-5-16/h1-3,6,9H,4,7-8H2. The lowest BCUT2D eigenvalue weighted by atomic mass is 10.1. The van der Waals surface area contributed by atoms with Crippen molar-refractivity contribution in [1.82, 2.24) is 4.98 Å². The van der Waals surface area contributed by atoms with Crippen molar-refractivity contribution in [3.63, 3.8) is 0 Å². The maximum absolute atomic E-state index is 11.4. The number of aromatic nitrogens is 1. The number of carbonyl (C=O) groups excluding carboxylic acids is 1. The van der Waals surface area contributed by atoms with Crippen molar-refractivity contribution in [3.8, 4) is 6.07 Å². The summed E-state index contributed by atoms with van der Waals surface area (Å²) in [4.78, 5) is 16.6. The number of hydrogen-bond acceptors (Lipinski definition) is 4. The lowest BCUT2D eigenvalue weighted by Crippen LogP contribution is -1.99. The number of rotatable bonds is 5. The molecule has 5 heteroatoms. The molecular weight excluding hydrogens is 280 g/mol. The molecule has 0 spiro atoms. The third-order valence-corrected chi connectivity index (χ3v) is 3.73. The van der Waals surface area contributed by atoms with E-state index in [-0.39, 0.29) is 18.6 Å². The summed E-state index contributed by atoms with van der Waals surface area (Å²) in [7, 11) is 0. The van der Waals surface area contributed by atoms with Crippen molar-refractivity contribution in [3.05, 3.63) is 50.9 Å². The highest BCUT2D eigenvalue weighted by Crippen LogP contribution is 2.20. The largest absolute Gasteiger partial charge is 0.298 e. The van der Waals surface area contributed by atoms with Crippen molar-refractivity contribution in [2.45, 2.75) is 19.3 Å². The van der Waals surface area contributed by atoms with E-state index >= 15 is 0 Å². The van der Waals surface area contributed by atoms with Gasteiger partial charge in [-0.15, -0.1) is 11.3 Å². The SMILES string of the molecule is N#CCC(=O)Cc1ncc(Cc2cccc(Cl)c2)s1. The molecule has 0 bridgehead atoms. The summed E-state index contributed by atoms with van der Waals surface area (Å²) < 4.78 is 0. The van der Waals surface area contributed by atoms with Crippen molar-refractivity contribution in [2.75, 3.05) is 0 Å². The number of nitrogens with zero attached hydrogens (tertiary/aromatic N) is 2. The average Bonchev–Trinajstić information content (AvgIpc) is 2.76. The summed E-state index contributed by atoms with van der Waals surface area (Å²) in [5.74, 6) is -0.0915. The number of thiazole rings is 1. The zero-order valence-corrected chi connectivity index (χ0v) is 11.7. The van der Waals surface area contributed by atoms with E-state index in [0.29, 0.717) is 5.02 Å². The summed E-state index contributed by atoms with van der Waals surface area (Å²) in [6.07, 6.45) is 2.72. The van der Waals surface area contributed by atoms with E-state index in [4.69, 9.17) is 16.9 Å². The smallest absolute Gasteiger partial charge is 0.153 e. The van der Waals surface area contributed by atoms with Gasteiger partial charge in [0.15, 0.2) is 5.78 Å². The van der Waals surface area contributed by atoms with Crippen molar-refractivity contribution < 1.29 is 4.79 Å². The lowest BCUT2D eigenvalue weighted by Gasteiger charge is -1.98. The molecule has 0 unspecified atom stereocenters. The molecular formula is C14H11ClN2OS. The van der Waals surface area contributed by atoms with E-state index < -0.39 is 0 Å². The average molecular weight is 291 g/mol. The van der Waals surface area contributed by atoms with Gasteiger partial charge in [0.1, 0.15) is 5.01 Å². The lowest BCUT2D eigenvalue weighted by molar-refractivity contribution is -0.117. The number of hydrogen-bond donors (Lipinski definition) is 0. The third kappa shape index (κ3) is 4.16. The molecule has 2 aromatic rings. The van der Waals surface area contributed by atoms with Crippen LogP contribution in [0.25, 0.3) is 0 Å². The van der Waals surface area contributed by atoms with E-state index in [0.717, 1.165) is 21.9 Å². The molecule has 2 rings (SSSR count). The minimum atomic E-state index is -0.0915. The highest BCUT2D eigenvalue weighted by molar-refractivity contribution is 7.11. The molecule has 0 saturated carbocycles. The molecule has 1 aromatic heterocycles. The van der Waals surface area contributed by atoms with E-state index in [1.54, 1.807) is 6.20 Å². The van der Waals surface area contributed by atoms with Gasteiger partial charge in [-0.2, -0.15) is 5.26 Å². The highest BCUT2D eigenvalue weighted by Gasteiger charge is 2.08. The van der Waals surface area contributed by atoms with Crippen LogP contribution in [0.3, 0.4) is 0 Å². The maximum atomic E-state index is 11.4. The molecule has 3 nitrogen and oxygen atoms in total. The van der Waals surface area contributed by atoms with Gasteiger partial charge in [0.2, 0.25) is 0 Å². The van der Waals surface area contributed by atoms with Crippen LogP contribution in [0.15, 0.2) is 30.5 Å². The van der Waals surface area contributed by atoms with Crippen LogP contribution in [-0.2, 0) is 17.6 Å². The number of nitriles is 1. The summed E-state index contributed by atoms with van der Waals surface area (Å²) in [6, 6.07) is 9.53. The van der Waals surface area contributed by atoms with Gasteiger partial charge in [-0.05, 0) is 17.7 Å². The number of Topliss-reactive ketones (excluding diaryl/α,β-unsaturated/α-hetero) is 1. The normalized spacial score (nSPS) is 10.1. The molecule has 0 radical (unpaired) electrons. The van der Waals surface area contributed by atoms with Gasteiger partial charge in [0.25, 0.3) is 0 Å². The number of halogens is 1. The molecule has 96 valence electrons. The second-order valence-electron chi connectivity index (χ2n) is 4.08. The topological polar surface area (TPSA) is 53.8 Å². The Labute approximate surface area is 120 Å². The molecule has 19 heavy (non-hydrogen) atoms. The van der Waals surface area contributed by atoms with Gasteiger partial charge < -0.3 is 0 Å². The minimum absolute atomic E-state index is 0.0524. The van der Waals surface area contributed by atoms with Gasteiger partial charge in [-0.3, -0.25) is 4.79 Å². The second kappa shape index (κ2) is 6.46. The molecule has 0 aliphatic rings. The monoisotopic (exact) mass is 290 g/mol. The molecule has 0 amide bonds. The van der Waals surface area contributed by atoms with Crippen molar-refractivity contribution in [2.24, 2.45) is 0 Å². The Balaban J connectivity index is 2.01. The van der Waals surface area contributed by atoms with Crippen molar-refractivity contribution in [1.29, 1.82) is 5.26 Å². The van der Waals surface area contributed by atoms with Gasteiger partial charge in [-0.1, -0.05) is 23.7 Å². The zero-order chi connectivity index (χ0) is 13.7. The first-order valence-electron chi connectivity index (χ1n) is 5.74. The molecule has 1 aromatic carbocycles. The third-order valence-electron chi connectivity index (χ3n) is 2.49. The predicted octanol–water partition coefficient (Wildman–Crippen LogP) is 3.41. The molecule has 0 aliphatic heterocycles. The Kier molecular flexibility index (Phi) is 4.67. The van der Waals surface area contributed by atoms with E-state index in [2.05, 4.69) is 4.98 Å². The fourth-order valence-corrected chi connectivity index (χ4v) is 2.88. The molecule has 0 aliphatic carbocycles. The fourth-order valence-electron chi connectivity index (χ4n) is 1.68. The first kappa shape index (κ1) is 13.7. The van der Waals surface area contributed by atoms with E-state index in [9.17, 15) is 4.79 Å². The Morgan fingerprint density at radius 2 is 2.32 bits per heavy atom.